The second-order valence-electron chi connectivity index (χ2n) is 11.2. The number of nitrogens with zero attached hydrogens (tertiary/aromatic N) is 5. The number of hydrogen-bond donors (Lipinski definition) is 3. The van der Waals surface area contributed by atoms with Crippen LogP contribution in [0.2, 0.25) is 0 Å². The van der Waals surface area contributed by atoms with Crippen LogP contribution in [0.25, 0.3) is 33.9 Å². The predicted octanol–water partition coefficient (Wildman–Crippen LogP) is 5.42. The predicted molar refractivity (Wildman–Crippen MR) is 148 cm³/mol. The number of amides is 1. The summed E-state index contributed by atoms with van der Waals surface area (Å²) in [6, 6.07) is 8.36. The van der Waals surface area contributed by atoms with Crippen molar-refractivity contribution in [3.05, 3.63) is 60.7 Å². The molecule has 0 bridgehead atoms. The molecule has 0 unspecified atom stereocenters. The summed E-state index contributed by atoms with van der Waals surface area (Å²) in [5.41, 5.74) is 4.13. The molecular weight excluding hydrogens is 492 g/mol. The first-order valence-electron chi connectivity index (χ1n) is 13.6. The van der Waals surface area contributed by atoms with Gasteiger partial charge in [0.1, 0.15) is 17.2 Å². The fourth-order valence-corrected chi connectivity index (χ4v) is 5.24. The van der Waals surface area contributed by atoms with Crippen LogP contribution in [0.15, 0.2) is 49.1 Å². The Hall–Kier alpha value is -4.05. The van der Waals surface area contributed by atoms with Gasteiger partial charge in [0.2, 0.25) is 0 Å². The van der Waals surface area contributed by atoms with E-state index in [4.69, 9.17) is 4.74 Å². The zero-order valence-electron chi connectivity index (χ0n) is 22.6. The Morgan fingerprint density at radius 1 is 0.846 bits per heavy atom. The number of rotatable bonds is 5. The second-order valence-corrected chi connectivity index (χ2v) is 11.2. The van der Waals surface area contributed by atoms with E-state index in [9.17, 15) is 4.79 Å². The molecule has 4 aromatic rings. The molecule has 2 aliphatic heterocycles. The minimum atomic E-state index is -0.534. The molecule has 1 amide bonds. The number of imidazole rings is 2. The molecule has 202 valence electrons. The maximum atomic E-state index is 12.7. The molecular formula is C29H34N8O2. The zero-order chi connectivity index (χ0) is 27.0. The first-order valence-corrected chi connectivity index (χ1v) is 13.6. The van der Waals surface area contributed by atoms with Crippen molar-refractivity contribution in [1.82, 2.24) is 40.1 Å². The molecule has 10 nitrogen and oxygen atoms in total. The van der Waals surface area contributed by atoms with Gasteiger partial charge in [0.05, 0.1) is 35.9 Å². The average molecular weight is 527 g/mol. The van der Waals surface area contributed by atoms with E-state index >= 15 is 0 Å². The monoisotopic (exact) mass is 526 g/mol. The quantitative estimate of drug-likeness (QED) is 0.317. The van der Waals surface area contributed by atoms with Crippen LogP contribution < -0.4 is 5.32 Å². The average Bonchev–Trinajstić information content (AvgIpc) is 3.74. The molecule has 39 heavy (non-hydrogen) atoms. The fraction of sp³-hybridized carbons (Fsp3) is 0.414. The van der Waals surface area contributed by atoms with E-state index < -0.39 is 5.60 Å². The van der Waals surface area contributed by atoms with E-state index in [0.717, 1.165) is 65.5 Å². The minimum Gasteiger partial charge on any atom is -0.444 e. The maximum absolute atomic E-state index is 12.7. The summed E-state index contributed by atoms with van der Waals surface area (Å²) in [6.07, 6.45) is 11.0. The van der Waals surface area contributed by atoms with Crippen LogP contribution in [0.1, 0.15) is 70.2 Å². The van der Waals surface area contributed by atoms with Gasteiger partial charge in [-0.15, -0.1) is 0 Å². The van der Waals surface area contributed by atoms with E-state index in [1.807, 2.05) is 39.1 Å². The van der Waals surface area contributed by atoms with Gasteiger partial charge in [0.25, 0.3) is 0 Å². The number of aromatic nitrogens is 6. The second kappa shape index (κ2) is 10.3. The van der Waals surface area contributed by atoms with E-state index in [2.05, 4.69) is 47.4 Å². The van der Waals surface area contributed by atoms with E-state index in [1.54, 1.807) is 23.5 Å². The summed E-state index contributed by atoms with van der Waals surface area (Å²) in [4.78, 5) is 39.6. The number of carbonyl (C=O) groups excluding carboxylic acids is 1. The molecule has 5 heterocycles. The lowest BCUT2D eigenvalue weighted by molar-refractivity contribution is 0.0218. The first-order chi connectivity index (χ1) is 18.8. The van der Waals surface area contributed by atoms with Crippen LogP contribution in [0.3, 0.4) is 0 Å². The molecule has 0 saturated carbocycles. The minimum absolute atomic E-state index is 0.132. The summed E-state index contributed by atoms with van der Waals surface area (Å²) in [7, 11) is 0. The van der Waals surface area contributed by atoms with Crippen LogP contribution in [0, 0.1) is 0 Å². The van der Waals surface area contributed by atoms with Crippen LogP contribution in [-0.2, 0) is 4.74 Å². The van der Waals surface area contributed by atoms with Crippen LogP contribution >= 0.6 is 0 Å². The van der Waals surface area contributed by atoms with Crippen LogP contribution in [-0.4, -0.2) is 59.6 Å². The molecule has 10 heteroatoms. The van der Waals surface area contributed by atoms with Gasteiger partial charge in [-0.25, -0.2) is 24.7 Å². The molecule has 2 aliphatic rings. The number of likely N-dealkylation sites (tertiary alicyclic amines) is 1. The third kappa shape index (κ3) is 5.42. The van der Waals surface area contributed by atoms with Crippen molar-refractivity contribution in [2.24, 2.45) is 0 Å². The Morgan fingerprint density at radius 3 is 2.21 bits per heavy atom. The number of H-pyrrole nitrogens is 2. The molecule has 0 aliphatic carbocycles. The normalized spacial score (nSPS) is 19.5. The number of ether oxygens (including phenoxy) is 1. The van der Waals surface area contributed by atoms with Gasteiger partial charge < -0.3 is 20.0 Å². The Balaban J connectivity index is 1.13. The van der Waals surface area contributed by atoms with Gasteiger partial charge in [-0.3, -0.25) is 4.90 Å². The Bertz CT molecular complexity index is 1430. The van der Waals surface area contributed by atoms with Crippen molar-refractivity contribution < 1.29 is 9.53 Å². The molecule has 3 aromatic heterocycles. The topological polar surface area (TPSA) is 125 Å². The van der Waals surface area contributed by atoms with Gasteiger partial charge in [-0.2, -0.15) is 0 Å². The summed E-state index contributed by atoms with van der Waals surface area (Å²) in [5, 5.41) is 3.48. The van der Waals surface area contributed by atoms with Crippen molar-refractivity contribution in [1.29, 1.82) is 0 Å². The largest absolute Gasteiger partial charge is 0.444 e. The highest BCUT2D eigenvalue weighted by molar-refractivity contribution is 5.69. The zero-order valence-corrected chi connectivity index (χ0v) is 22.6. The van der Waals surface area contributed by atoms with Crippen molar-refractivity contribution in [2.45, 2.75) is 64.1 Å². The Morgan fingerprint density at radius 2 is 1.51 bits per heavy atom. The van der Waals surface area contributed by atoms with Crippen LogP contribution in [0.5, 0.6) is 0 Å². The Kier molecular flexibility index (Phi) is 6.64. The van der Waals surface area contributed by atoms with Gasteiger partial charge in [0.15, 0.2) is 5.82 Å². The van der Waals surface area contributed by atoms with Crippen molar-refractivity contribution in [2.75, 3.05) is 13.1 Å². The van der Waals surface area contributed by atoms with Crippen LogP contribution in [0.4, 0.5) is 4.79 Å². The first kappa shape index (κ1) is 25.2. The lowest BCUT2D eigenvalue weighted by atomic mass is 10.1. The highest BCUT2D eigenvalue weighted by atomic mass is 16.6. The van der Waals surface area contributed by atoms with Gasteiger partial charge in [0, 0.05) is 30.1 Å². The molecule has 2 fully saturated rings. The lowest BCUT2D eigenvalue weighted by Crippen LogP contribution is -2.36. The lowest BCUT2D eigenvalue weighted by Gasteiger charge is -2.27. The van der Waals surface area contributed by atoms with Gasteiger partial charge >= 0.3 is 6.09 Å². The van der Waals surface area contributed by atoms with Crippen molar-refractivity contribution >= 4 is 6.09 Å². The molecule has 1 aromatic carbocycles. The summed E-state index contributed by atoms with van der Waals surface area (Å²) in [6.45, 7) is 7.34. The molecule has 0 spiro atoms. The highest BCUT2D eigenvalue weighted by Gasteiger charge is 2.34. The molecule has 2 atom stereocenters. The molecule has 2 saturated heterocycles. The van der Waals surface area contributed by atoms with E-state index in [-0.39, 0.29) is 12.1 Å². The number of hydrogen-bond acceptors (Lipinski definition) is 7. The summed E-state index contributed by atoms with van der Waals surface area (Å²) < 4.78 is 5.59. The van der Waals surface area contributed by atoms with Crippen molar-refractivity contribution in [3.63, 3.8) is 0 Å². The number of aromatic amines is 2. The van der Waals surface area contributed by atoms with E-state index in [0.29, 0.717) is 18.4 Å². The van der Waals surface area contributed by atoms with E-state index in [1.165, 1.54) is 6.42 Å². The Labute approximate surface area is 227 Å². The van der Waals surface area contributed by atoms with Crippen molar-refractivity contribution in [3.8, 4) is 33.9 Å². The maximum Gasteiger partial charge on any atom is 0.410 e. The fourth-order valence-electron chi connectivity index (χ4n) is 5.24. The molecule has 6 rings (SSSR count). The number of nitrogens with one attached hydrogen (secondary N) is 3. The molecule has 0 radical (unpaired) electrons. The third-order valence-corrected chi connectivity index (χ3v) is 7.19. The SMILES string of the molecule is CC(C)(C)OC(=O)N1CCC[C@H]1c1ncc(-c2cnc(-c3ccc(-c4cnc([C@@H]5CCCN5)[nH]4)cc3)nc2)[nH]1. The highest BCUT2D eigenvalue weighted by Crippen LogP contribution is 2.33. The number of carbonyl (C=O) groups is 1. The smallest absolute Gasteiger partial charge is 0.410 e. The van der Waals surface area contributed by atoms with Gasteiger partial charge in [-0.1, -0.05) is 24.3 Å². The standard InChI is InChI=1S/C29H34N8O2/c1-29(2,3)39-28(38)37-13-5-7-24(37)27-34-17-23(36-27)20-14-31-25(32-15-20)19-10-8-18(9-11-19)22-16-33-26(35-22)21-6-4-12-30-21/h8-11,14-17,21,24,30H,4-7,12-13H2,1-3H3,(H,33,35)(H,34,36)/t21-,24-/m0/s1. The third-order valence-electron chi connectivity index (χ3n) is 7.19. The number of benzene rings is 1. The summed E-state index contributed by atoms with van der Waals surface area (Å²) in [5.74, 6) is 2.40. The van der Waals surface area contributed by atoms with Gasteiger partial charge in [-0.05, 0) is 58.6 Å². The molecule has 3 N–H and O–H groups in total. The summed E-state index contributed by atoms with van der Waals surface area (Å²) >= 11 is 0.